The van der Waals surface area contributed by atoms with Crippen molar-refractivity contribution in [2.75, 3.05) is 29.9 Å². The molecule has 4 heteroatoms. The molecule has 1 amide bonds. The maximum Gasteiger partial charge on any atom is 0.255 e. The van der Waals surface area contributed by atoms with Crippen LogP contribution in [0.2, 0.25) is 0 Å². The van der Waals surface area contributed by atoms with Crippen LogP contribution in [0.5, 0.6) is 5.75 Å². The molecule has 0 unspecified atom stereocenters. The summed E-state index contributed by atoms with van der Waals surface area (Å²) in [7, 11) is 0. The van der Waals surface area contributed by atoms with Gasteiger partial charge in [0.2, 0.25) is 0 Å². The number of para-hydroxylation sites is 2. The van der Waals surface area contributed by atoms with Crippen LogP contribution in [0.1, 0.15) is 43.5 Å². The second kappa shape index (κ2) is 8.75. The topological polar surface area (TPSA) is 41.6 Å². The van der Waals surface area contributed by atoms with Crippen LogP contribution in [0.3, 0.4) is 0 Å². The number of anilines is 2. The van der Waals surface area contributed by atoms with Crippen molar-refractivity contribution in [3.63, 3.8) is 0 Å². The standard InChI is InChI=1S/C22H28N2O2/c1-17(2)16-26-19-10-8-9-18(15-19)22(25)23-20-11-4-5-12-21(20)24-13-6-3-7-14-24/h4-5,8-12,15,17H,3,6-7,13-14,16H2,1-2H3,(H,23,25). The number of amides is 1. The lowest BCUT2D eigenvalue weighted by atomic mass is 10.1. The van der Waals surface area contributed by atoms with Crippen molar-refractivity contribution in [1.29, 1.82) is 0 Å². The molecule has 2 aromatic rings. The average Bonchev–Trinajstić information content (AvgIpc) is 2.68. The van der Waals surface area contributed by atoms with E-state index in [4.69, 9.17) is 4.74 Å². The Morgan fingerprint density at radius 1 is 1.08 bits per heavy atom. The summed E-state index contributed by atoms with van der Waals surface area (Å²) in [6.07, 6.45) is 3.70. The zero-order valence-corrected chi connectivity index (χ0v) is 15.7. The lowest BCUT2D eigenvalue weighted by Gasteiger charge is -2.30. The lowest BCUT2D eigenvalue weighted by molar-refractivity contribution is 0.102. The van der Waals surface area contributed by atoms with E-state index < -0.39 is 0 Å². The molecule has 0 aromatic heterocycles. The highest BCUT2D eigenvalue weighted by molar-refractivity contribution is 6.06. The van der Waals surface area contributed by atoms with Crippen molar-refractivity contribution >= 4 is 17.3 Å². The molecular weight excluding hydrogens is 324 g/mol. The maximum atomic E-state index is 12.8. The normalized spacial score (nSPS) is 14.3. The van der Waals surface area contributed by atoms with Crippen molar-refractivity contribution in [2.45, 2.75) is 33.1 Å². The number of hydrogen-bond acceptors (Lipinski definition) is 3. The predicted octanol–water partition coefficient (Wildman–Crippen LogP) is 4.96. The Kier molecular flexibility index (Phi) is 6.16. The largest absolute Gasteiger partial charge is 0.493 e. The summed E-state index contributed by atoms with van der Waals surface area (Å²) >= 11 is 0. The van der Waals surface area contributed by atoms with E-state index in [9.17, 15) is 4.79 Å². The number of rotatable bonds is 6. The van der Waals surface area contributed by atoms with Gasteiger partial charge in [0.05, 0.1) is 18.0 Å². The van der Waals surface area contributed by atoms with Crippen molar-refractivity contribution in [1.82, 2.24) is 0 Å². The first-order valence-corrected chi connectivity index (χ1v) is 9.51. The van der Waals surface area contributed by atoms with Gasteiger partial charge in [0.25, 0.3) is 5.91 Å². The van der Waals surface area contributed by atoms with Crippen LogP contribution < -0.4 is 15.0 Å². The van der Waals surface area contributed by atoms with Crippen LogP contribution >= 0.6 is 0 Å². The highest BCUT2D eigenvalue weighted by Gasteiger charge is 2.16. The van der Waals surface area contributed by atoms with Gasteiger partial charge in [0.1, 0.15) is 5.75 Å². The zero-order valence-electron chi connectivity index (χ0n) is 15.7. The minimum absolute atomic E-state index is 0.107. The molecule has 4 nitrogen and oxygen atoms in total. The average molecular weight is 352 g/mol. The second-order valence-electron chi connectivity index (χ2n) is 7.25. The smallest absolute Gasteiger partial charge is 0.255 e. The monoisotopic (exact) mass is 352 g/mol. The van der Waals surface area contributed by atoms with E-state index in [2.05, 4.69) is 30.1 Å². The SMILES string of the molecule is CC(C)COc1cccc(C(=O)Nc2ccccc2N2CCCCC2)c1. The van der Waals surface area contributed by atoms with Crippen LogP contribution in [-0.2, 0) is 0 Å². The van der Waals surface area contributed by atoms with Gasteiger partial charge in [-0.05, 0) is 55.5 Å². The molecule has 2 aromatic carbocycles. The first-order chi connectivity index (χ1) is 12.6. The van der Waals surface area contributed by atoms with Gasteiger partial charge in [-0.25, -0.2) is 0 Å². The molecule has 0 bridgehead atoms. The molecule has 0 atom stereocenters. The van der Waals surface area contributed by atoms with Crippen LogP contribution in [-0.4, -0.2) is 25.6 Å². The van der Waals surface area contributed by atoms with Gasteiger partial charge >= 0.3 is 0 Å². The van der Waals surface area contributed by atoms with Gasteiger partial charge in [0, 0.05) is 18.7 Å². The highest BCUT2D eigenvalue weighted by atomic mass is 16.5. The van der Waals surface area contributed by atoms with Gasteiger partial charge < -0.3 is 15.0 Å². The minimum atomic E-state index is -0.107. The lowest BCUT2D eigenvalue weighted by Crippen LogP contribution is -2.30. The van der Waals surface area contributed by atoms with Gasteiger partial charge in [-0.2, -0.15) is 0 Å². The third-order valence-corrected chi connectivity index (χ3v) is 4.53. The number of piperidine rings is 1. The number of ether oxygens (including phenoxy) is 1. The van der Waals surface area contributed by atoms with Crippen LogP contribution in [0.4, 0.5) is 11.4 Å². The highest BCUT2D eigenvalue weighted by Crippen LogP contribution is 2.28. The number of nitrogens with zero attached hydrogens (tertiary/aromatic N) is 1. The molecule has 1 fully saturated rings. The molecule has 1 saturated heterocycles. The number of benzene rings is 2. The second-order valence-corrected chi connectivity index (χ2v) is 7.25. The van der Waals surface area contributed by atoms with Crippen molar-refractivity contribution in [2.24, 2.45) is 5.92 Å². The summed E-state index contributed by atoms with van der Waals surface area (Å²) in [6.45, 7) is 6.95. The van der Waals surface area contributed by atoms with E-state index in [1.165, 1.54) is 19.3 Å². The Morgan fingerprint density at radius 2 is 1.85 bits per heavy atom. The molecule has 26 heavy (non-hydrogen) atoms. The van der Waals surface area contributed by atoms with Crippen LogP contribution in [0.15, 0.2) is 48.5 Å². The molecule has 0 saturated carbocycles. The fraction of sp³-hybridized carbons (Fsp3) is 0.409. The van der Waals surface area contributed by atoms with E-state index in [1.807, 2.05) is 36.4 Å². The third kappa shape index (κ3) is 4.78. The number of hydrogen-bond donors (Lipinski definition) is 1. The summed E-state index contributed by atoms with van der Waals surface area (Å²) in [4.78, 5) is 15.1. The molecule has 138 valence electrons. The minimum Gasteiger partial charge on any atom is -0.493 e. The molecule has 0 spiro atoms. The zero-order chi connectivity index (χ0) is 18.4. The Balaban J connectivity index is 1.73. The maximum absolute atomic E-state index is 12.8. The first-order valence-electron chi connectivity index (χ1n) is 9.51. The van der Waals surface area contributed by atoms with E-state index in [0.717, 1.165) is 30.2 Å². The van der Waals surface area contributed by atoms with Crippen molar-refractivity contribution < 1.29 is 9.53 Å². The van der Waals surface area contributed by atoms with E-state index in [-0.39, 0.29) is 5.91 Å². The quantitative estimate of drug-likeness (QED) is 0.798. The molecule has 1 aliphatic rings. The molecule has 3 rings (SSSR count). The summed E-state index contributed by atoms with van der Waals surface area (Å²) in [5.41, 5.74) is 2.58. The Bertz CT molecular complexity index is 736. The molecule has 1 aliphatic heterocycles. The molecule has 0 aliphatic carbocycles. The number of carbonyl (C=O) groups excluding carboxylic acids is 1. The van der Waals surface area contributed by atoms with Crippen LogP contribution in [0.25, 0.3) is 0 Å². The Labute approximate surface area is 156 Å². The summed E-state index contributed by atoms with van der Waals surface area (Å²) in [5.74, 6) is 1.07. The van der Waals surface area contributed by atoms with E-state index in [1.54, 1.807) is 6.07 Å². The number of carbonyl (C=O) groups is 1. The molecular formula is C22H28N2O2. The fourth-order valence-corrected chi connectivity index (χ4v) is 3.17. The van der Waals surface area contributed by atoms with Crippen molar-refractivity contribution in [3.05, 3.63) is 54.1 Å². The third-order valence-electron chi connectivity index (χ3n) is 4.53. The predicted molar refractivity (Wildman–Crippen MR) is 107 cm³/mol. The summed E-state index contributed by atoms with van der Waals surface area (Å²) < 4.78 is 5.74. The molecule has 0 radical (unpaired) electrons. The van der Waals surface area contributed by atoms with E-state index in [0.29, 0.717) is 18.1 Å². The Morgan fingerprint density at radius 3 is 2.62 bits per heavy atom. The van der Waals surface area contributed by atoms with E-state index >= 15 is 0 Å². The van der Waals surface area contributed by atoms with Gasteiger partial charge in [0.15, 0.2) is 0 Å². The summed E-state index contributed by atoms with van der Waals surface area (Å²) in [5, 5.41) is 3.08. The van der Waals surface area contributed by atoms with Gasteiger partial charge in [-0.3, -0.25) is 4.79 Å². The molecule has 1 N–H and O–H groups in total. The van der Waals surface area contributed by atoms with Gasteiger partial charge in [-0.15, -0.1) is 0 Å². The first kappa shape index (κ1) is 18.3. The Hall–Kier alpha value is -2.49. The van der Waals surface area contributed by atoms with Gasteiger partial charge in [-0.1, -0.05) is 32.0 Å². The van der Waals surface area contributed by atoms with Crippen LogP contribution in [0, 0.1) is 5.92 Å². The van der Waals surface area contributed by atoms with Crippen molar-refractivity contribution in [3.8, 4) is 5.75 Å². The summed E-state index contributed by atoms with van der Waals surface area (Å²) in [6, 6.07) is 15.4. The fourth-order valence-electron chi connectivity index (χ4n) is 3.17. The molecule has 1 heterocycles. The number of nitrogens with one attached hydrogen (secondary N) is 1.